The van der Waals surface area contributed by atoms with Gasteiger partial charge in [0.15, 0.2) is 11.5 Å². The highest BCUT2D eigenvalue weighted by Gasteiger charge is 2.14. The molecule has 0 saturated heterocycles. The summed E-state index contributed by atoms with van der Waals surface area (Å²) in [5.41, 5.74) is 7.96. The monoisotopic (exact) mass is 473 g/mol. The summed E-state index contributed by atoms with van der Waals surface area (Å²) in [6.45, 7) is 0. The van der Waals surface area contributed by atoms with Crippen molar-refractivity contribution in [3.8, 4) is 23.0 Å². The minimum atomic E-state index is -0.00561. The molecule has 0 saturated carbocycles. The maximum absolute atomic E-state index is 9.83. The number of phenolic OH excluding ortho intramolecular Hbond substituents is 1. The van der Waals surface area contributed by atoms with Gasteiger partial charge in [0.25, 0.3) is 5.95 Å². The molecule has 0 amide bonds. The fourth-order valence-corrected chi connectivity index (χ4v) is 3.08. The number of hydrogen-bond acceptors (Lipinski definition) is 9. The van der Waals surface area contributed by atoms with Crippen LogP contribution in [0.25, 0.3) is 0 Å². The largest absolute Gasteiger partial charge is 0.506 e. The molecule has 0 spiro atoms. The van der Waals surface area contributed by atoms with Gasteiger partial charge >= 0.3 is 0 Å². The fourth-order valence-electron chi connectivity index (χ4n) is 2.73. The number of methoxy groups -OCH3 is 3. The number of nitrogens with two attached hydrogens (primary N) is 1. The first-order valence-corrected chi connectivity index (χ1v) is 9.55. The Morgan fingerprint density at radius 2 is 1.73 bits per heavy atom. The minimum absolute atomic E-state index is 0.00561. The predicted octanol–water partition coefficient (Wildman–Crippen LogP) is 4.56. The molecule has 1 heterocycles. The average molecular weight is 474 g/mol. The Morgan fingerprint density at radius 3 is 2.33 bits per heavy atom. The SMILES string of the molecule is COc1cc(Cc2cnc(N=Nc3cc(Br)ccc3O)nc2N)cc(OC)c1OC. The highest BCUT2D eigenvalue weighted by atomic mass is 79.9. The van der Waals surface area contributed by atoms with Crippen LogP contribution in [0, 0.1) is 0 Å². The molecular weight excluding hydrogens is 454 g/mol. The lowest BCUT2D eigenvalue weighted by molar-refractivity contribution is 0.324. The van der Waals surface area contributed by atoms with Gasteiger partial charge in [0, 0.05) is 22.7 Å². The molecule has 156 valence electrons. The Hall–Kier alpha value is -3.40. The van der Waals surface area contributed by atoms with Crippen molar-refractivity contribution in [3.05, 3.63) is 52.1 Å². The Kier molecular flexibility index (Phi) is 6.68. The molecule has 0 bridgehead atoms. The normalized spacial score (nSPS) is 10.9. The third-order valence-electron chi connectivity index (χ3n) is 4.19. The van der Waals surface area contributed by atoms with Crippen molar-refractivity contribution in [2.45, 2.75) is 6.42 Å². The molecule has 3 aromatic rings. The number of aromatic nitrogens is 2. The second-order valence-electron chi connectivity index (χ2n) is 6.12. The van der Waals surface area contributed by atoms with E-state index < -0.39 is 0 Å². The van der Waals surface area contributed by atoms with Gasteiger partial charge in [-0.1, -0.05) is 15.9 Å². The van der Waals surface area contributed by atoms with Crippen molar-refractivity contribution in [1.29, 1.82) is 0 Å². The zero-order valence-electron chi connectivity index (χ0n) is 16.6. The fraction of sp³-hybridized carbons (Fsp3) is 0.200. The molecule has 0 unspecified atom stereocenters. The number of nitrogen functional groups attached to an aromatic ring is 1. The Morgan fingerprint density at radius 1 is 1.03 bits per heavy atom. The van der Waals surface area contributed by atoms with Gasteiger partial charge in [0.2, 0.25) is 5.75 Å². The van der Waals surface area contributed by atoms with Gasteiger partial charge in [-0.25, -0.2) is 4.98 Å². The van der Waals surface area contributed by atoms with Gasteiger partial charge in [0.1, 0.15) is 17.3 Å². The zero-order valence-corrected chi connectivity index (χ0v) is 18.2. The van der Waals surface area contributed by atoms with Crippen LogP contribution < -0.4 is 19.9 Å². The van der Waals surface area contributed by atoms with E-state index in [-0.39, 0.29) is 23.2 Å². The highest BCUT2D eigenvalue weighted by Crippen LogP contribution is 2.39. The molecule has 0 aliphatic rings. The van der Waals surface area contributed by atoms with E-state index in [1.54, 1.807) is 39.7 Å². The van der Waals surface area contributed by atoms with Gasteiger partial charge < -0.3 is 25.1 Å². The van der Waals surface area contributed by atoms with Crippen LogP contribution in [0.15, 0.2) is 51.2 Å². The number of benzene rings is 2. The Bertz CT molecular complexity index is 1070. The lowest BCUT2D eigenvalue weighted by Crippen LogP contribution is -2.02. The van der Waals surface area contributed by atoms with E-state index in [9.17, 15) is 5.11 Å². The number of rotatable bonds is 7. The number of aromatic hydroxyl groups is 1. The zero-order chi connectivity index (χ0) is 21.7. The molecule has 3 rings (SSSR count). The van der Waals surface area contributed by atoms with E-state index in [1.807, 2.05) is 12.1 Å². The van der Waals surface area contributed by atoms with Crippen LogP contribution in [0.2, 0.25) is 0 Å². The van der Waals surface area contributed by atoms with E-state index in [1.165, 1.54) is 6.07 Å². The van der Waals surface area contributed by atoms with Crippen LogP contribution in [0.5, 0.6) is 23.0 Å². The number of nitrogens with zero attached hydrogens (tertiary/aromatic N) is 4. The molecule has 2 aromatic carbocycles. The molecule has 1 aromatic heterocycles. The smallest absolute Gasteiger partial charge is 0.270 e. The summed E-state index contributed by atoms with van der Waals surface area (Å²) < 4.78 is 16.9. The number of phenols is 1. The number of halogens is 1. The molecule has 0 aliphatic carbocycles. The summed E-state index contributed by atoms with van der Waals surface area (Å²) in [5, 5.41) is 17.8. The van der Waals surface area contributed by atoms with Gasteiger partial charge in [-0.15, -0.1) is 10.2 Å². The Balaban J connectivity index is 1.84. The van der Waals surface area contributed by atoms with Crippen molar-refractivity contribution in [1.82, 2.24) is 9.97 Å². The number of anilines is 1. The van der Waals surface area contributed by atoms with E-state index in [0.717, 1.165) is 10.0 Å². The van der Waals surface area contributed by atoms with Crippen LogP contribution in [0.4, 0.5) is 17.5 Å². The molecule has 3 N–H and O–H groups in total. The number of hydrogen-bond donors (Lipinski definition) is 2. The predicted molar refractivity (Wildman–Crippen MR) is 115 cm³/mol. The summed E-state index contributed by atoms with van der Waals surface area (Å²) >= 11 is 3.31. The maximum atomic E-state index is 9.83. The molecule has 30 heavy (non-hydrogen) atoms. The van der Waals surface area contributed by atoms with E-state index in [2.05, 4.69) is 36.1 Å². The van der Waals surface area contributed by atoms with Gasteiger partial charge in [0.05, 0.1) is 21.3 Å². The molecule has 0 aliphatic heterocycles. The third-order valence-corrected chi connectivity index (χ3v) is 4.68. The van der Waals surface area contributed by atoms with Crippen LogP contribution >= 0.6 is 15.9 Å². The molecule has 0 atom stereocenters. The standard InChI is InChI=1S/C20H20BrN5O4/c1-28-16-7-11(8-17(29-2)18(16)30-3)6-12-10-23-20(24-19(12)22)26-25-14-9-13(21)4-5-15(14)27/h4-5,7-10,27H,6H2,1-3H3,(H2,22,23,24). The van der Waals surface area contributed by atoms with Crippen LogP contribution in [-0.2, 0) is 6.42 Å². The van der Waals surface area contributed by atoms with Crippen LogP contribution in [0.1, 0.15) is 11.1 Å². The third kappa shape index (κ3) is 4.77. The van der Waals surface area contributed by atoms with Gasteiger partial charge in [-0.3, -0.25) is 0 Å². The minimum Gasteiger partial charge on any atom is -0.506 e. The highest BCUT2D eigenvalue weighted by molar-refractivity contribution is 9.10. The van der Waals surface area contributed by atoms with Crippen LogP contribution in [-0.4, -0.2) is 36.4 Å². The lowest BCUT2D eigenvalue weighted by atomic mass is 10.1. The first-order valence-electron chi connectivity index (χ1n) is 8.75. The van der Waals surface area contributed by atoms with E-state index in [4.69, 9.17) is 19.9 Å². The Labute approximate surface area is 181 Å². The summed E-state index contributed by atoms with van der Waals surface area (Å²) in [6, 6.07) is 8.50. The number of azo groups is 1. The van der Waals surface area contributed by atoms with Crippen molar-refractivity contribution in [2.24, 2.45) is 10.2 Å². The molecule has 10 heteroatoms. The lowest BCUT2D eigenvalue weighted by Gasteiger charge is -2.14. The van der Waals surface area contributed by atoms with Crippen molar-refractivity contribution >= 4 is 33.4 Å². The van der Waals surface area contributed by atoms with Gasteiger partial charge in [-0.2, -0.15) is 4.98 Å². The summed E-state index contributed by atoms with van der Waals surface area (Å²) in [7, 11) is 4.66. The molecule has 0 radical (unpaired) electrons. The van der Waals surface area contributed by atoms with E-state index >= 15 is 0 Å². The first kappa shape index (κ1) is 21.3. The van der Waals surface area contributed by atoms with Crippen molar-refractivity contribution < 1.29 is 19.3 Å². The van der Waals surface area contributed by atoms with Gasteiger partial charge in [-0.05, 0) is 35.9 Å². The summed E-state index contributed by atoms with van der Waals surface area (Å²) in [6.07, 6.45) is 2.03. The maximum Gasteiger partial charge on any atom is 0.270 e. The summed E-state index contributed by atoms with van der Waals surface area (Å²) in [4.78, 5) is 8.37. The second kappa shape index (κ2) is 9.40. The molecular formula is C20H20BrN5O4. The number of ether oxygens (including phenoxy) is 3. The van der Waals surface area contributed by atoms with Crippen molar-refractivity contribution in [2.75, 3.05) is 27.1 Å². The first-order chi connectivity index (χ1) is 14.4. The van der Waals surface area contributed by atoms with Crippen molar-refractivity contribution in [3.63, 3.8) is 0 Å². The molecule has 9 nitrogen and oxygen atoms in total. The topological polar surface area (TPSA) is 124 Å². The summed E-state index contributed by atoms with van der Waals surface area (Å²) in [5.74, 6) is 1.95. The van der Waals surface area contributed by atoms with E-state index in [0.29, 0.717) is 29.2 Å². The second-order valence-corrected chi connectivity index (χ2v) is 7.04. The quantitative estimate of drug-likeness (QED) is 0.481. The average Bonchev–Trinajstić information content (AvgIpc) is 2.75. The molecule has 0 fully saturated rings. The van der Waals surface area contributed by atoms with Crippen LogP contribution in [0.3, 0.4) is 0 Å².